The van der Waals surface area contributed by atoms with Crippen molar-refractivity contribution >= 4 is 6.08 Å². The van der Waals surface area contributed by atoms with Gasteiger partial charge >= 0.3 is 0 Å². The van der Waals surface area contributed by atoms with E-state index in [-0.39, 0.29) is 0 Å². The maximum Gasteiger partial charge on any atom is 0.0208 e. The Bertz CT molecular complexity index is 305. The minimum Gasteiger partial charge on any atom is -0.319 e. The van der Waals surface area contributed by atoms with E-state index < -0.39 is 0 Å². The van der Waals surface area contributed by atoms with Gasteiger partial charge in [-0.05, 0) is 38.2 Å². The van der Waals surface area contributed by atoms with Gasteiger partial charge in [0.05, 0.1) is 0 Å². The fraction of sp³-hybridized carbons (Fsp3) is 0.385. The van der Waals surface area contributed by atoms with Crippen LogP contribution in [0.3, 0.4) is 0 Å². The molecule has 1 aromatic carbocycles. The van der Waals surface area contributed by atoms with E-state index in [0.29, 0.717) is 0 Å². The molecule has 15 heavy (non-hydrogen) atoms. The number of hydrogen-bond donors (Lipinski definition) is 2. The van der Waals surface area contributed by atoms with E-state index in [2.05, 4.69) is 47.1 Å². The van der Waals surface area contributed by atoms with Crippen LogP contribution in [0.5, 0.6) is 0 Å². The monoisotopic (exact) mass is 204 g/mol. The van der Waals surface area contributed by atoms with Gasteiger partial charge in [0.15, 0.2) is 0 Å². The van der Waals surface area contributed by atoms with Crippen molar-refractivity contribution in [1.29, 1.82) is 0 Å². The Labute approximate surface area is 92.4 Å². The average molecular weight is 204 g/mol. The van der Waals surface area contributed by atoms with Crippen molar-refractivity contribution in [3.8, 4) is 0 Å². The minimum atomic E-state index is 0.923. The predicted molar refractivity (Wildman–Crippen MR) is 66.8 cm³/mol. The summed E-state index contributed by atoms with van der Waals surface area (Å²) in [6.07, 6.45) is 5.49. The summed E-state index contributed by atoms with van der Waals surface area (Å²) in [5, 5.41) is 6.31. The maximum absolute atomic E-state index is 3.18. The van der Waals surface area contributed by atoms with Crippen molar-refractivity contribution in [2.24, 2.45) is 0 Å². The van der Waals surface area contributed by atoms with Crippen molar-refractivity contribution in [2.75, 3.05) is 20.6 Å². The smallest absolute Gasteiger partial charge is 0.0208 e. The van der Waals surface area contributed by atoms with E-state index in [1.54, 1.807) is 0 Å². The molecule has 0 unspecified atom stereocenters. The molecule has 1 rings (SSSR count). The first kappa shape index (κ1) is 12.0. The molecule has 82 valence electrons. The van der Waals surface area contributed by atoms with Gasteiger partial charge in [0.2, 0.25) is 0 Å². The van der Waals surface area contributed by atoms with Gasteiger partial charge < -0.3 is 10.6 Å². The fourth-order valence-corrected chi connectivity index (χ4v) is 1.49. The third kappa shape index (κ3) is 4.28. The zero-order valence-electron chi connectivity index (χ0n) is 9.59. The Morgan fingerprint density at radius 1 is 1.13 bits per heavy atom. The van der Waals surface area contributed by atoms with Gasteiger partial charge in [-0.2, -0.15) is 0 Å². The van der Waals surface area contributed by atoms with Crippen LogP contribution >= 0.6 is 0 Å². The maximum atomic E-state index is 3.18. The zero-order chi connectivity index (χ0) is 10.9. The first-order chi connectivity index (χ1) is 7.38. The molecule has 0 aliphatic rings. The molecule has 0 radical (unpaired) electrons. The number of benzene rings is 1. The van der Waals surface area contributed by atoms with E-state index in [4.69, 9.17) is 0 Å². The lowest BCUT2D eigenvalue weighted by Crippen LogP contribution is -2.06. The Hall–Kier alpha value is -1.12. The Morgan fingerprint density at radius 3 is 2.67 bits per heavy atom. The first-order valence-electron chi connectivity index (χ1n) is 5.42. The zero-order valence-corrected chi connectivity index (χ0v) is 9.59. The van der Waals surface area contributed by atoms with Crippen LogP contribution in [-0.2, 0) is 6.54 Å². The summed E-state index contributed by atoms with van der Waals surface area (Å²) in [6.45, 7) is 1.96. The van der Waals surface area contributed by atoms with Crippen molar-refractivity contribution in [1.82, 2.24) is 10.6 Å². The van der Waals surface area contributed by atoms with Crippen LogP contribution in [-0.4, -0.2) is 20.6 Å². The molecule has 0 aliphatic heterocycles. The van der Waals surface area contributed by atoms with Gasteiger partial charge in [-0.1, -0.05) is 36.4 Å². The molecule has 0 aromatic heterocycles. The number of nitrogens with one attached hydrogen (secondary N) is 2. The van der Waals surface area contributed by atoms with Crippen molar-refractivity contribution < 1.29 is 0 Å². The van der Waals surface area contributed by atoms with Gasteiger partial charge in [0.1, 0.15) is 0 Å². The Balaban J connectivity index is 2.62. The molecule has 0 heterocycles. The Kier molecular flexibility index (Phi) is 5.74. The van der Waals surface area contributed by atoms with Crippen LogP contribution in [0.2, 0.25) is 0 Å². The predicted octanol–water partition coefficient (Wildman–Crippen LogP) is 2.03. The van der Waals surface area contributed by atoms with E-state index in [1.807, 2.05) is 14.1 Å². The molecular weight excluding hydrogens is 184 g/mol. The highest BCUT2D eigenvalue weighted by molar-refractivity contribution is 5.53. The normalized spacial score (nSPS) is 11.1. The summed E-state index contributed by atoms with van der Waals surface area (Å²) in [7, 11) is 3.95. The SMILES string of the molecule is CNCCC=Cc1ccccc1CNC. The van der Waals surface area contributed by atoms with Crippen LogP contribution in [0.15, 0.2) is 30.3 Å². The highest BCUT2D eigenvalue weighted by Gasteiger charge is 1.95. The second-order valence-corrected chi connectivity index (χ2v) is 3.52. The largest absolute Gasteiger partial charge is 0.319 e. The van der Waals surface area contributed by atoms with Crippen molar-refractivity contribution in [3.05, 3.63) is 41.5 Å². The van der Waals surface area contributed by atoms with E-state index in [0.717, 1.165) is 19.5 Å². The van der Waals surface area contributed by atoms with Gasteiger partial charge in [0.25, 0.3) is 0 Å². The molecule has 2 heteroatoms. The van der Waals surface area contributed by atoms with Crippen LogP contribution in [0.4, 0.5) is 0 Å². The van der Waals surface area contributed by atoms with Crippen LogP contribution in [0, 0.1) is 0 Å². The standard InChI is InChI=1S/C13H20N2/c1-14-10-6-5-8-12-7-3-4-9-13(12)11-15-2/h3-5,7-9,14-15H,6,10-11H2,1-2H3. The highest BCUT2D eigenvalue weighted by Crippen LogP contribution is 2.10. The summed E-state index contributed by atoms with van der Waals surface area (Å²) in [5.41, 5.74) is 2.66. The molecule has 0 atom stereocenters. The molecule has 0 amide bonds. The summed E-state index contributed by atoms with van der Waals surface area (Å²) >= 11 is 0. The molecule has 0 aliphatic carbocycles. The molecule has 2 N–H and O–H groups in total. The second kappa shape index (κ2) is 7.21. The lowest BCUT2D eigenvalue weighted by Gasteiger charge is -2.04. The van der Waals surface area contributed by atoms with Gasteiger partial charge in [-0.3, -0.25) is 0 Å². The molecule has 0 saturated heterocycles. The van der Waals surface area contributed by atoms with Gasteiger partial charge in [-0.25, -0.2) is 0 Å². The van der Waals surface area contributed by atoms with Crippen molar-refractivity contribution in [3.63, 3.8) is 0 Å². The van der Waals surface area contributed by atoms with Crippen LogP contribution in [0.1, 0.15) is 17.5 Å². The third-order valence-corrected chi connectivity index (χ3v) is 2.28. The molecule has 0 bridgehead atoms. The molecule has 0 saturated carbocycles. The quantitative estimate of drug-likeness (QED) is 0.693. The third-order valence-electron chi connectivity index (χ3n) is 2.28. The average Bonchev–Trinajstić information content (AvgIpc) is 2.27. The number of rotatable bonds is 6. The van der Waals surface area contributed by atoms with E-state index in [9.17, 15) is 0 Å². The molecule has 0 fully saturated rings. The minimum absolute atomic E-state index is 0.923. The molecule has 1 aromatic rings. The van der Waals surface area contributed by atoms with E-state index in [1.165, 1.54) is 11.1 Å². The molecule has 2 nitrogen and oxygen atoms in total. The summed E-state index contributed by atoms with van der Waals surface area (Å²) < 4.78 is 0. The molecular formula is C13H20N2. The second-order valence-electron chi connectivity index (χ2n) is 3.52. The lowest BCUT2D eigenvalue weighted by molar-refractivity contribution is 0.808. The highest BCUT2D eigenvalue weighted by atomic mass is 14.8. The number of hydrogen-bond acceptors (Lipinski definition) is 2. The molecule has 0 spiro atoms. The topological polar surface area (TPSA) is 24.1 Å². The van der Waals surface area contributed by atoms with E-state index >= 15 is 0 Å². The summed E-state index contributed by atoms with van der Waals surface area (Å²) in [5.74, 6) is 0. The fourth-order valence-electron chi connectivity index (χ4n) is 1.49. The van der Waals surface area contributed by atoms with Gasteiger partial charge in [-0.15, -0.1) is 0 Å². The summed E-state index contributed by atoms with van der Waals surface area (Å²) in [6, 6.07) is 8.48. The van der Waals surface area contributed by atoms with Crippen LogP contribution in [0.25, 0.3) is 6.08 Å². The first-order valence-corrected chi connectivity index (χ1v) is 5.42. The van der Waals surface area contributed by atoms with Gasteiger partial charge in [0, 0.05) is 6.54 Å². The lowest BCUT2D eigenvalue weighted by atomic mass is 10.1. The van der Waals surface area contributed by atoms with Crippen LogP contribution < -0.4 is 10.6 Å². The summed E-state index contributed by atoms with van der Waals surface area (Å²) in [4.78, 5) is 0. The Morgan fingerprint density at radius 2 is 1.93 bits per heavy atom. The van der Waals surface area contributed by atoms with Crippen molar-refractivity contribution in [2.45, 2.75) is 13.0 Å².